The monoisotopic (exact) mass is 1150 g/mol. The van der Waals surface area contributed by atoms with Crippen LogP contribution in [0.3, 0.4) is 0 Å². The number of carbonyl (C=O) groups is 6. The number of nitrogens with zero attached hydrogens (tertiary/aromatic N) is 1. The Morgan fingerprint density at radius 1 is 0.704 bits per heavy atom. The maximum atomic E-state index is 14.6. The number of benzene rings is 3. The number of Topliss-reactive ketones (excluding diaryl/α,β-unsaturated/α-hetero) is 1. The predicted octanol–water partition coefficient (Wildman–Crippen LogP) is 3.45. The van der Waals surface area contributed by atoms with Crippen LogP contribution < -0.4 is 30.7 Å². The summed E-state index contributed by atoms with van der Waals surface area (Å²) in [6.07, 6.45) is 7.21. The minimum absolute atomic E-state index is 0.00405. The molecule has 21 nitrogen and oxygen atoms in total. The second-order valence-electron chi connectivity index (χ2n) is 21.3. The van der Waals surface area contributed by atoms with E-state index in [2.05, 4.69) is 27.2 Å². The molecule has 2 aliphatic rings. The number of epoxide rings is 1. The van der Waals surface area contributed by atoms with Crippen molar-refractivity contribution in [3.63, 3.8) is 0 Å². The lowest BCUT2D eigenvalue weighted by molar-refractivity contribution is -0.940. The first-order chi connectivity index (χ1) is 38.5. The normalized spacial score (nSPS) is 17.0. The number of aryl methyl sites for hydroxylation is 1. The largest absolute Gasteiger partial charge is 0.748 e. The molecule has 0 spiro atoms. The average molecular weight is 1150 g/mol. The smallest absolute Gasteiger partial charge is 0.308 e. The van der Waals surface area contributed by atoms with Gasteiger partial charge in [-0.1, -0.05) is 94.3 Å². The minimum atomic E-state index is -3.92. The van der Waals surface area contributed by atoms with E-state index in [1.165, 1.54) is 6.92 Å². The second kappa shape index (κ2) is 34.2. The van der Waals surface area contributed by atoms with Crippen molar-refractivity contribution in [1.82, 2.24) is 21.3 Å². The first-order valence-corrected chi connectivity index (χ1v) is 29.2. The zero-order valence-electron chi connectivity index (χ0n) is 47.9. The number of ketones is 1. The standard InChI is InChI=1S/C58H79N5O13.CH4O3S/c1-8-25-70-28-29-72-30-31-73-32-33-74-52-37-46(20-22-51(52)76-43(6)64)38-63(23-26-71-27-24-63)39-53(65)59-47(21-19-44-15-11-9-12-16-44)55(67)61-49(35-42(4)5)56(68)62-50(36-45-17-13-10-14-18-45)57(69)60-48(34-41(2)3)54(66)58(7)40-75-58;1-5(2,3)4/h1,9-18,20,22,37,41-42,47-50H,19,21,23-36,38-40H2,2-7H3,(H3-,59,60,61,62,65,67,68,69);1H3,(H,2,3,4)/t47-,48-,49-,50-,58+;/m0./s1. The molecule has 2 heterocycles. The number of nitrogens with one attached hydrogen (secondary N) is 4. The second-order valence-corrected chi connectivity index (χ2v) is 22.7. The SMILES string of the molecule is C#CCOCCOCCOCCOc1cc(C[N+]2(CC(=O)N[C@@H](CCc3ccccc3)C(=O)N[C@@H](CC(C)C)C(=O)N[C@@H](Cc3ccccc3)C(=O)N[C@@H](CC(C)C)C(=O)[C@@]3(C)CO3)CCOCC2)ccc1OC(C)=O.CS(=O)(=O)[O-]. The summed E-state index contributed by atoms with van der Waals surface area (Å²) in [6.45, 7) is 15.3. The van der Waals surface area contributed by atoms with Crippen LogP contribution in [-0.2, 0) is 82.0 Å². The average Bonchev–Trinajstić information content (AvgIpc) is 4.22. The Morgan fingerprint density at radius 2 is 1.22 bits per heavy atom. The van der Waals surface area contributed by atoms with E-state index in [-0.39, 0.29) is 81.5 Å². The topological polar surface area (TPSA) is 276 Å². The van der Waals surface area contributed by atoms with E-state index >= 15 is 0 Å². The van der Waals surface area contributed by atoms with Crippen LogP contribution in [0.1, 0.15) is 77.5 Å². The summed E-state index contributed by atoms with van der Waals surface area (Å²) in [7, 11) is -3.92. The van der Waals surface area contributed by atoms with Gasteiger partial charge in [0, 0.05) is 25.2 Å². The summed E-state index contributed by atoms with van der Waals surface area (Å²) >= 11 is 0. The van der Waals surface area contributed by atoms with E-state index in [0.717, 1.165) is 16.7 Å². The summed E-state index contributed by atoms with van der Waals surface area (Å²) in [5.74, 6) is 0.233. The van der Waals surface area contributed by atoms with Gasteiger partial charge in [0.15, 0.2) is 23.8 Å². The number of morpholine rings is 1. The number of amides is 4. The van der Waals surface area contributed by atoms with Crippen molar-refractivity contribution in [3.05, 3.63) is 95.6 Å². The van der Waals surface area contributed by atoms with Crippen LogP contribution in [-0.4, -0.2) is 175 Å². The summed E-state index contributed by atoms with van der Waals surface area (Å²) < 4.78 is 66.7. The fourth-order valence-corrected chi connectivity index (χ4v) is 8.94. The van der Waals surface area contributed by atoms with Gasteiger partial charge in [-0.15, -0.1) is 6.42 Å². The van der Waals surface area contributed by atoms with Crippen molar-refractivity contribution in [2.75, 3.05) is 92.0 Å². The number of terminal acetylenes is 1. The molecule has 0 bridgehead atoms. The van der Waals surface area contributed by atoms with Crippen LogP contribution in [0.4, 0.5) is 0 Å². The molecular weight excluding hydrogens is 1070 g/mol. The van der Waals surface area contributed by atoms with E-state index in [9.17, 15) is 28.8 Å². The Kier molecular flexibility index (Phi) is 28.4. The van der Waals surface area contributed by atoms with E-state index in [1.54, 1.807) is 19.1 Å². The van der Waals surface area contributed by atoms with Gasteiger partial charge < -0.3 is 63.5 Å². The Bertz CT molecular complexity index is 2610. The number of quaternary nitrogens is 1. The third-order valence-corrected chi connectivity index (χ3v) is 13.0. The maximum absolute atomic E-state index is 14.6. The zero-order valence-corrected chi connectivity index (χ0v) is 48.7. The van der Waals surface area contributed by atoms with Gasteiger partial charge >= 0.3 is 5.97 Å². The summed E-state index contributed by atoms with van der Waals surface area (Å²) in [4.78, 5) is 83.4. The van der Waals surface area contributed by atoms with Crippen molar-refractivity contribution < 1.29 is 79.4 Å². The lowest BCUT2D eigenvalue weighted by Gasteiger charge is -2.41. The third-order valence-electron chi connectivity index (χ3n) is 13.0. The lowest BCUT2D eigenvalue weighted by Crippen LogP contribution is -2.61. The molecular formula is C59H83N5O16S. The molecule has 5 atom stereocenters. The molecule has 4 N–H and O–H groups in total. The fourth-order valence-electron chi connectivity index (χ4n) is 8.94. The molecule has 2 fully saturated rings. The van der Waals surface area contributed by atoms with Crippen LogP contribution in [0, 0.1) is 24.2 Å². The van der Waals surface area contributed by atoms with Crippen LogP contribution in [0.5, 0.6) is 11.5 Å². The summed E-state index contributed by atoms with van der Waals surface area (Å²) in [5, 5.41) is 11.9. The van der Waals surface area contributed by atoms with Crippen LogP contribution >= 0.6 is 0 Å². The van der Waals surface area contributed by atoms with Gasteiger partial charge in [0.1, 0.15) is 56.6 Å². The van der Waals surface area contributed by atoms with Crippen molar-refractivity contribution in [1.29, 1.82) is 0 Å². The third kappa shape index (κ3) is 26.4. The number of esters is 1. The van der Waals surface area contributed by atoms with Gasteiger partial charge in [-0.05, 0) is 73.8 Å². The summed E-state index contributed by atoms with van der Waals surface area (Å²) in [5.41, 5.74) is 1.59. The predicted molar refractivity (Wildman–Crippen MR) is 300 cm³/mol. The fraction of sp³-hybridized carbons (Fsp3) is 0.559. The van der Waals surface area contributed by atoms with Gasteiger partial charge in [0.2, 0.25) is 17.7 Å². The number of rotatable bonds is 34. The van der Waals surface area contributed by atoms with Crippen molar-refractivity contribution in [3.8, 4) is 23.8 Å². The van der Waals surface area contributed by atoms with Crippen molar-refractivity contribution in [2.45, 2.75) is 110 Å². The van der Waals surface area contributed by atoms with E-state index in [4.69, 9.17) is 52.6 Å². The molecule has 5 rings (SSSR count). The van der Waals surface area contributed by atoms with Crippen LogP contribution in [0.2, 0.25) is 0 Å². The van der Waals surface area contributed by atoms with Crippen LogP contribution in [0.15, 0.2) is 78.9 Å². The molecule has 4 amide bonds. The Morgan fingerprint density at radius 3 is 1.79 bits per heavy atom. The van der Waals surface area contributed by atoms with Gasteiger partial charge in [0.25, 0.3) is 5.91 Å². The zero-order chi connectivity index (χ0) is 59.4. The quantitative estimate of drug-likeness (QED) is 0.0127. The van der Waals surface area contributed by atoms with Gasteiger partial charge in [-0.25, -0.2) is 8.42 Å². The molecule has 0 saturated carbocycles. The molecule has 0 aromatic heterocycles. The van der Waals surface area contributed by atoms with E-state index < -0.39 is 63.6 Å². The minimum Gasteiger partial charge on any atom is -0.748 e. The molecule has 0 aliphatic carbocycles. The molecule has 0 radical (unpaired) electrons. The molecule has 81 heavy (non-hydrogen) atoms. The maximum Gasteiger partial charge on any atom is 0.308 e. The first kappa shape index (κ1) is 67.2. The number of ether oxygens (including phenoxy) is 7. The highest BCUT2D eigenvalue weighted by Gasteiger charge is 2.50. The first-order valence-electron chi connectivity index (χ1n) is 27.4. The highest BCUT2D eigenvalue weighted by Crippen LogP contribution is 2.32. The number of hydrogen-bond donors (Lipinski definition) is 4. The Labute approximate surface area is 477 Å². The van der Waals surface area contributed by atoms with Crippen LogP contribution in [0.25, 0.3) is 0 Å². The molecule has 3 aromatic carbocycles. The lowest BCUT2D eigenvalue weighted by atomic mass is 9.93. The van der Waals surface area contributed by atoms with E-state index in [1.807, 2.05) is 94.4 Å². The highest BCUT2D eigenvalue weighted by atomic mass is 32.2. The van der Waals surface area contributed by atoms with E-state index in [0.29, 0.717) is 88.6 Å². The number of hydrogen-bond acceptors (Lipinski definition) is 16. The molecule has 3 aromatic rings. The summed E-state index contributed by atoms with van der Waals surface area (Å²) in [6, 6.07) is 20.1. The molecule has 22 heteroatoms. The van der Waals surface area contributed by atoms with Crippen molar-refractivity contribution in [2.24, 2.45) is 11.8 Å². The molecule has 0 unspecified atom stereocenters. The van der Waals surface area contributed by atoms with Crippen molar-refractivity contribution >= 4 is 45.5 Å². The molecule has 2 aliphatic heterocycles. The van der Waals surface area contributed by atoms with Gasteiger partial charge in [-0.3, -0.25) is 28.8 Å². The number of carbonyl (C=O) groups excluding carboxylic acids is 6. The van der Waals surface area contributed by atoms with Gasteiger partial charge in [0.05, 0.1) is 69.0 Å². The molecule has 446 valence electrons. The molecule has 2 saturated heterocycles. The Balaban J connectivity index is 0.00000270. The highest BCUT2D eigenvalue weighted by molar-refractivity contribution is 7.84. The Hall–Kier alpha value is -6.29. The van der Waals surface area contributed by atoms with Gasteiger partial charge in [-0.2, -0.15) is 0 Å².